The van der Waals surface area contributed by atoms with Crippen molar-refractivity contribution in [2.24, 2.45) is 0 Å². The van der Waals surface area contributed by atoms with Gasteiger partial charge in [-0.2, -0.15) is 0 Å². The van der Waals surface area contributed by atoms with Gasteiger partial charge in [-0.25, -0.2) is 4.79 Å². The van der Waals surface area contributed by atoms with Crippen molar-refractivity contribution < 1.29 is 14.3 Å². The predicted molar refractivity (Wildman–Crippen MR) is 66.2 cm³/mol. The minimum atomic E-state index is -0.544. The van der Waals surface area contributed by atoms with Gasteiger partial charge in [0.05, 0.1) is 0 Å². The van der Waals surface area contributed by atoms with Crippen LogP contribution in [0, 0.1) is 6.92 Å². The van der Waals surface area contributed by atoms with Crippen LogP contribution in [0.4, 0.5) is 4.79 Å². The van der Waals surface area contributed by atoms with E-state index in [0.29, 0.717) is 6.42 Å². The highest BCUT2D eigenvalue weighted by molar-refractivity contribution is 5.74. The van der Waals surface area contributed by atoms with Gasteiger partial charge < -0.3 is 15.4 Å². The monoisotopic (exact) mass is 243 g/mol. The number of carbonyl (C=O) groups excluding carboxylic acids is 2. The third-order valence-electron chi connectivity index (χ3n) is 1.81. The fourth-order valence-corrected chi connectivity index (χ4v) is 1.22. The molecule has 0 aromatic carbocycles. The maximum Gasteiger partial charge on any atom is 0.409 e. The lowest BCUT2D eigenvalue weighted by atomic mass is 10.2. The van der Waals surface area contributed by atoms with Crippen molar-refractivity contribution in [2.75, 3.05) is 0 Å². The number of unbranched alkanes of at least 4 members (excludes halogenated alkanes) is 1. The molecule has 0 saturated carbocycles. The lowest BCUT2D eigenvalue weighted by Crippen LogP contribution is -2.48. The summed E-state index contributed by atoms with van der Waals surface area (Å²) < 4.78 is 5.11. The Morgan fingerprint density at radius 3 is 2.29 bits per heavy atom. The average Bonchev–Trinajstić information content (AvgIpc) is 2.09. The SMILES string of the molecule is [CH2]CCCC(NC(C)=O)NC(=O)OC(C)(C)C. The molecule has 1 atom stereocenters. The van der Waals surface area contributed by atoms with Gasteiger partial charge in [0.1, 0.15) is 11.8 Å². The van der Waals surface area contributed by atoms with Crippen molar-refractivity contribution in [3.63, 3.8) is 0 Å². The Bertz CT molecular complexity index is 259. The molecular weight excluding hydrogens is 220 g/mol. The molecule has 0 aromatic rings. The molecule has 0 fully saturated rings. The number of rotatable bonds is 5. The normalized spacial score (nSPS) is 12.8. The van der Waals surface area contributed by atoms with Crippen LogP contribution >= 0.6 is 0 Å². The van der Waals surface area contributed by atoms with Crippen LogP contribution in [0.5, 0.6) is 0 Å². The van der Waals surface area contributed by atoms with Crippen LogP contribution in [0.3, 0.4) is 0 Å². The summed E-state index contributed by atoms with van der Waals surface area (Å²) in [6.45, 7) is 10.5. The van der Waals surface area contributed by atoms with Gasteiger partial charge >= 0.3 is 6.09 Å². The van der Waals surface area contributed by atoms with Gasteiger partial charge in [-0.05, 0) is 33.6 Å². The molecule has 0 rings (SSSR count). The first-order valence-corrected chi connectivity index (χ1v) is 5.80. The van der Waals surface area contributed by atoms with E-state index in [4.69, 9.17) is 4.74 Å². The minimum Gasteiger partial charge on any atom is -0.444 e. The summed E-state index contributed by atoms with van der Waals surface area (Å²) in [5.41, 5.74) is -0.544. The summed E-state index contributed by atoms with van der Waals surface area (Å²) in [6.07, 6.45) is 1.29. The molecule has 0 saturated heterocycles. The first-order chi connectivity index (χ1) is 7.74. The Morgan fingerprint density at radius 2 is 1.88 bits per heavy atom. The van der Waals surface area contributed by atoms with E-state index < -0.39 is 17.9 Å². The van der Waals surface area contributed by atoms with Gasteiger partial charge in [-0.15, -0.1) is 0 Å². The fourth-order valence-electron chi connectivity index (χ4n) is 1.22. The van der Waals surface area contributed by atoms with Gasteiger partial charge in [-0.3, -0.25) is 4.79 Å². The molecule has 0 bridgehead atoms. The number of alkyl carbamates (subject to hydrolysis) is 1. The van der Waals surface area contributed by atoms with Crippen molar-refractivity contribution in [3.8, 4) is 0 Å². The maximum absolute atomic E-state index is 11.5. The quantitative estimate of drug-likeness (QED) is 0.725. The summed E-state index contributed by atoms with van der Waals surface area (Å²) in [6, 6.07) is 0. The molecular formula is C12H23N2O3. The number of hydrogen-bond acceptors (Lipinski definition) is 3. The van der Waals surface area contributed by atoms with Gasteiger partial charge in [0.15, 0.2) is 0 Å². The van der Waals surface area contributed by atoms with E-state index in [0.717, 1.165) is 12.8 Å². The molecule has 1 radical (unpaired) electrons. The van der Waals surface area contributed by atoms with Crippen molar-refractivity contribution >= 4 is 12.0 Å². The summed E-state index contributed by atoms with van der Waals surface area (Å²) in [5.74, 6) is -0.185. The highest BCUT2D eigenvalue weighted by Crippen LogP contribution is 2.07. The summed E-state index contributed by atoms with van der Waals surface area (Å²) in [5, 5.41) is 5.27. The highest BCUT2D eigenvalue weighted by Gasteiger charge is 2.19. The van der Waals surface area contributed by atoms with E-state index in [9.17, 15) is 9.59 Å². The number of amides is 2. The van der Waals surface area contributed by atoms with E-state index in [-0.39, 0.29) is 5.91 Å². The van der Waals surface area contributed by atoms with Crippen LogP contribution in [-0.4, -0.2) is 23.8 Å². The molecule has 2 N–H and O–H groups in total. The average molecular weight is 243 g/mol. The van der Waals surface area contributed by atoms with Gasteiger partial charge in [-0.1, -0.05) is 13.3 Å². The topological polar surface area (TPSA) is 67.4 Å². The smallest absolute Gasteiger partial charge is 0.409 e. The highest BCUT2D eigenvalue weighted by atomic mass is 16.6. The first-order valence-electron chi connectivity index (χ1n) is 5.80. The molecule has 0 aliphatic heterocycles. The second-order valence-electron chi connectivity index (χ2n) is 4.90. The van der Waals surface area contributed by atoms with E-state index >= 15 is 0 Å². The number of nitrogens with one attached hydrogen (secondary N) is 2. The first kappa shape index (κ1) is 15.7. The zero-order valence-corrected chi connectivity index (χ0v) is 11.1. The molecule has 0 aliphatic carbocycles. The molecule has 99 valence electrons. The van der Waals surface area contributed by atoms with Gasteiger partial charge in [0.25, 0.3) is 0 Å². The Hall–Kier alpha value is -1.26. The number of ether oxygens (including phenoxy) is 1. The Morgan fingerprint density at radius 1 is 1.29 bits per heavy atom. The third-order valence-corrected chi connectivity index (χ3v) is 1.81. The summed E-state index contributed by atoms with van der Waals surface area (Å²) in [4.78, 5) is 22.5. The van der Waals surface area contributed by atoms with Crippen LogP contribution in [0.25, 0.3) is 0 Å². The van der Waals surface area contributed by atoms with E-state index in [1.54, 1.807) is 20.8 Å². The fraction of sp³-hybridized carbons (Fsp3) is 0.750. The minimum absolute atomic E-state index is 0.185. The number of hydrogen-bond donors (Lipinski definition) is 2. The predicted octanol–water partition coefficient (Wildman–Crippen LogP) is 1.98. The van der Waals surface area contributed by atoms with Crippen LogP contribution < -0.4 is 10.6 Å². The zero-order chi connectivity index (χ0) is 13.5. The van der Waals surface area contributed by atoms with Crippen molar-refractivity contribution in [2.45, 2.75) is 58.7 Å². The second kappa shape index (κ2) is 7.14. The molecule has 0 spiro atoms. The van der Waals surface area contributed by atoms with Gasteiger partial charge in [0.2, 0.25) is 5.91 Å². The second-order valence-corrected chi connectivity index (χ2v) is 4.90. The lowest BCUT2D eigenvalue weighted by Gasteiger charge is -2.23. The van der Waals surface area contributed by atoms with Crippen LogP contribution in [-0.2, 0) is 9.53 Å². The largest absolute Gasteiger partial charge is 0.444 e. The lowest BCUT2D eigenvalue weighted by molar-refractivity contribution is -0.119. The van der Waals surface area contributed by atoms with E-state index in [1.807, 2.05) is 0 Å². The molecule has 5 heteroatoms. The third kappa shape index (κ3) is 9.66. The maximum atomic E-state index is 11.5. The van der Waals surface area contributed by atoms with Crippen LogP contribution in [0.1, 0.15) is 47.0 Å². The zero-order valence-electron chi connectivity index (χ0n) is 11.1. The van der Waals surface area contributed by atoms with Crippen molar-refractivity contribution in [1.29, 1.82) is 0 Å². The Labute approximate surface area is 103 Å². The molecule has 2 amide bonds. The summed E-state index contributed by atoms with van der Waals surface area (Å²) in [7, 11) is 0. The standard InChI is InChI=1S/C12H23N2O3/c1-6-7-8-10(13-9(2)15)14-11(16)17-12(3,4)5/h10H,1,6-8H2,2-5H3,(H,13,15)(H,14,16). The molecule has 1 unspecified atom stereocenters. The molecule has 17 heavy (non-hydrogen) atoms. The van der Waals surface area contributed by atoms with Crippen molar-refractivity contribution in [3.05, 3.63) is 6.92 Å². The summed E-state index contributed by atoms with van der Waals surface area (Å²) >= 11 is 0. The molecule has 0 aliphatic rings. The number of carbonyl (C=O) groups is 2. The Kier molecular flexibility index (Phi) is 6.61. The van der Waals surface area contributed by atoms with E-state index in [2.05, 4.69) is 17.6 Å². The van der Waals surface area contributed by atoms with Gasteiger partial charge in [0, 0.05) is 6.92 Å². The molecule has 0 aromatic heterocycles. The molecule has 5 nitrogen and oxygen atoms in total. The molecule has 0 heterocycles. The van der Waals surface area contributed by atoms with E-state index in [1.165, 1.54) is 6.92 Å². The van der Waals surface area contributed by atoms with Crippen molar-refractivity contribution in [1.82, 2.24) is 10.6 Å². The van der Waals surface area contributed by atoms with Crippen LogP contribution in [0.15, 0.2) is 0 Å². The van der Waals surface area contributed by atoms with Crippen LogP contribution in [0.2, 0.25) is 0 Å². The Balaban J connectivity index is 4.21.